The van der Waals surface area contributed by atoms with E-state index in [0.29, 0.717) is 24.0 Å². The van der Waals surface area contributed by atoms with E-state index in [1.807, 2.05) is 6.07 Å². The molecular formula is C20H23ClN2O2. The maximum atomic E-state index is 6.41. The third-order valence-electron chi connectivity index (χ3n) is 4.76. The van der Waals surface area contributed by atoms with E-state index in [0.717, 1.165) is 44.9 Å². The quantitative estimate of drug-likeness (QED) is 0.832. The van der Waals surface area contributed by atoms with Crippen molar-refractivity contribution in [2.75, 3.05) is 44.3 Å². The second-order valence-electron chi connectivity index (χ2n) is 6.55. The summed E-state index contributed by atoms with van der Waals surface area (Å²) < 4.78 is 11.5. The summed E-state index contributed by atoms with van der Waals surface area (Å²) >= 11 is 6.41. The third kappa shape index (κ3) is 3.86. The molecule has 1 saturated heterocycles. The molecular weight excluding hydrogens is 336 g/mol. The first kappa shape index (κ1) is 16.6. The van der Waals surface area contributed by atoms with E-state index in [2.05, 4.69) is 46.2 Å². The Morgan fingerprint density at radius 1 is 0.920 bits per heavy atom. The van der Waals surface area contributed by atoms with Gasteiger partial charge in [0.25, 0.3) is 0 Å². The normalized spacial score (nSPS) is 18.0. The van der Waals surface area contributed by atoms with Gasteiger partial charge in [0.2, 0.25) is 0 Å². The van der Waals surface area contributed by atoms with Gasteiger partial charge in [-0.1, -0.05) is 29.8 Å². The van der Waals surface area contributed by atoms with Gasteiger partial charge in [0.05, 0.1) is 18.2 Å². The lowest BCUT2D eigenvalue weighted by atomic mass is 10.1. The molecule has 1 fully saturated rings. The minimum absolute atomic E-state index is 0.650. The summed E-state index contributed by atoms with van der Waals surface area (Å²) in [6.07, 6.45) is 0.891. The molecule has 2 aliphatic heterocycles. The van der Waals surface area contributed by atoms with Gasteiger partial charge in [-0.15, -0.1) is 0 Å². The van der Waals surface area contributed by atoms with Crippen LogP contribution in [0.2, 0.25) is 5.02 Å². The lowest BCUT2D eigenvalue weighted by Gasteiger charge is -2.36. The van der Waals surface area contributed by atoms with Gasteiger partial charge in [-0.25, -0.2) is 0 Å². The lowest BCUT2D eigenvalue weighted by Crippen LogP contribution is -2.45. The van der Waals surface area contributed by atoms with Gasteiger partial charge in [-0.05, 0) is 29.8 Å². The zero-order valence-electron chi connectivity index (χ0n) is 14.3. The molecule has 0 N–H and O–H groups in total. The smallest absolute Gasteiger partial charge is 0.179 e. The topological polar surface area (TPSA) is 24.9 Å². The highest BCUT2D eigenvalue weighted by Gasteiger charge is 2.20. The average molecular weight is 359 g/mol. The van der Waals surface area contributed by atoms with Crippen LogP contribution >= 0.6 is 11.6 Å². The molecule has 5 heteroatoms. The highest BCUT2D eigenvalue weighted by atomic mass is 35.5. The van der Waals surface area contributed by atoms with Crippen LogP contribution in [0.5, 0.6) is 11.5 Å². The largest absolute Gasteiger partial charge is 0.489 e. The van der Waals surface area contributed by atoms with Crippen LogP contribution in [0.4, 0.5) is 5.69 Å². The van der Waals surface area contributed by atoms with Crippen LogP contribution in [0, 0.1) is 0 Å². The Balaban J connectivity index is 1.40. The number of hydrogen-bond donors (Lipinski definition) is 0. The molecule has 0 aromatic heterocycles. The maximum Gasteiger partial charge on any atom is 0.179 e. The Kier molecular flexibility index (Phi) is 4.99. The molecule has 0 spiro atoms. The van der Waals surface area contributed by atoms with Gasteiger partial charge < -0.3 is 14.4 Å². The van der Waals surface area contributed by atoms with Crippen molar-refractivity contribution >= 4 is 17.3 Å². The van der Waals surface area contributed by atoms with Crippen molar-refractivity contribution in [1.82, 2.24) is 4.90 Å². The number of halogens is 1. The van der Waals surface area contributed by atoms with Gasteiger partial charge in [0.1, 0.15) is 0 Å². The van der Waals surface area contributed by atoms with Crippen molar-refractivity contribution in [2.45, 2.75) is 13.0 Å². The molecule has 25 heavy (non-hydrogen) atoms. The fourth-order valence-corrected chi connectivity index (χ4v) is 3.72. The fraction of sp³-hybridized carbons (Fsp3) is 0.400. The summed E-state index contributed by atoms with van der Waals surface area (Å²) in [6, 6.07) is 14.7. The molecule has 132 valence electrons. The van der Waals surface area contributed by atoms with Crippen LogP contribution < -0.4 is 14.4 Å². The second-order valence-corrected chi connectivity index (χ2v) is 6.96. The van der Waals surface area contributed by atoms with E-state index in [4.69, 9.17) is 21.1 Å². The maximum absolute atomic E-state index is 6.41. The van der Waals surface area contributed by atoms with Crippen molar-refractivity contribution in [2.24, 2.45) is 0 Å². The molecule has 0 unspecified atom stereocenters. The Morgan fingerprint density at radius 2 is 1.68 bits per heavy atom. The van der Waals surface area contributed by atoms with Gasteiger partial charge in [-0.2, -0.15) is 0 Å². The Hall–Kier alpha value is -1.91. The van der Waals surface area contributed by atoms with Crippen LogP contribution in [-0.2, 0) is 6.54 Å². The number of ether oxygens (including phenoxy) is 2. The summed E-state index contributed by atoms with van der Waals surface area (Å²) in [5.41, 5.74) is 2.49. The summed E-state index contributed by atoms with van der Waals surface area (Å²) in [4.78, 5) is 4.91. The molecule has 2 heterocycles. The summed E-state index contributed by atoms with van der Waals surface area (Å²) in [5.74, 6) is 1.47. The van der Waals surface area contributed by atoms with E-state index in [1.165, 1.54) is 11.3 Å². The summed E-state index contributed by atoms with van der Waals surface area (Å²) in [7, 11) is 0. The Morgan fingerprint density at radius 3 is 2.48 bits per heavy atom. The molecule has 2 aliphatic rings. The van der Waals surface area contributed by atoms with Crippen LogP contribution in [0.15, 0.2) is 42.5 Å². The monoisotopic (exact) mass is 358 g/mol. The third-order valence-corrected chi connectivity index (χ3v) is 5.04. The molecule has 0 atom stereocenters. The van der Waals surface area contributed by atoms with Gasteiger partial charge in [0, 0.05) is 44.8 Å². The number of piperazine rings is 1. The number of para-hydroxylation sites is 1. The van der Waals surface area contributed by atoms with Crippen LogP contribution in [0.1, 0.15) is 12.0 Å². The number of rotatable bonds is 3. The minimum Gasteiger partial charge on any atom is -0.489 e. The second kappa shape index (κ2) is 7.54. The standard InChI is InChI=1S/C20H23ClN2O2/c21-18-13-16(14-19-20(18)25-12-4-11-24-19)15-22-7-9-23(10-8-22)17-5-2-1-3-6-17/h1-3,5-6,13-14H,4,7-12,15H2. The number of fused-ring (bicyclic) bond motifs is 1. The van der Waals surface area contributed by atoms with E-state index in [-0.39, 0.29) is 0 Å². The number of anilines is 1. The van der Waals surface area contributed by atoms with E-state index in [9.17, 15) is 0 Å². The summed E-state index contributed by atoms with van der Waals surface area (Å²) in [6.45, 7) is 6.40. The van der Waals surface area contributed by atoms with Crippen LogP contribution in [-0.4, -0.2) is 44.3 Å². The van der Waals surface area contributed by atoms with E-state index < -0.39 is 0 Å². The molecule has 2 aromatic rings. The zero-order valence-corrected chi connectivity index (χ0v) is 15.0. The van der Waals surface area contributed by atoms with Crippen LogP contribution in [0.3, 0.4) is 0 Å². The Labute approximate surface area is 153 Å². The Bertz CT molecular complexity index is 715. The van der Waals surface area contributed by atoms with Gasteiger partial charge in [0.15, 0.2) is 11.5 Å². The fourth-order valence-electron chi connectivity index (χ4n) is 3.44. The number of benzene rings is 2. The van der Waals surface area contributed by atoms with Crippen molar-refractivity contribution < 1.29 is 9.47 Å². The first-order valence-corrected chi connectivity index (χ1v) is 9.28. The molecule has 4 rings (SSSR count). The predicted molar refractivity (Wildman–Crippen MR) is 101 cm³/mol. The van der Waals surface area contributed by atoms with E-state index >= 15 is 0 Å². The summed E-state index contributed by atoms with van der Waals surface area (Å²) in [5, 5.41) is 0.650. The lowest BCUT2D eigenvalue weighted by molar-refractivity contribution is 0.249. The average Bonchev–Trinajstić information content (AvgIpc) is 2.89. The molecule has 0 amide bonds. The molecule has 0 saturated carbocycles. The van der Waals surface area contributed by atoms with Crippen LogP contribution in [0.25, 0.3) is 0 Å². The van der Waals surface area contributed by atoms with Crippen molar-refractivity contribution in [1.29, 1.82) is 0 Å². The zero-order chi connectivity index (χ0) is 17.1. The number of hydrogen-bond acceptors (Lipinski definition) is 4. The van der Waals surface area contributed by atoms with Gasteiger partial charge >= 0.3 is 0 Å². The molecule has 0 aliphatic carbocycles. The minimum atomic E-state index is 0.650. The van der Waals surface area contributed by atoms with E-state index in [1.54, 1.807) is 0 Å². The first-order valence-electron chi connectivity index (χ1n) is 8.90. The van der Waals surface area contributed by atoms with Gasteiger partial charge in [-0.3, -0.25) is 4.90 Å². The first-order chi connectivity index (χ1) is 12.3. The SMILES string of the molecule is Clc1cc(CN2CCN(c3ccccc3)CC2)cc2c1OCCCO2. The van der Waals surface area contributed by atoms with Crippen molar-refractivity contribution in [3.63, 3.8) is 0 Å². The number of nitrogens with zero attached hydrogens (tertiary/aromatic N) is 2. The highest BCUT2D eigenvalue weighted by molar-refractivity contribution is 6.32. The molecule has 0 radical (unpaired) electrons. The highest BCUT2D eigenvalue weighted by Crippen LogP contribution is 2.38. The predicted octanol–water partition coefficient (Wildman–Crippen LogP) is 3.82. The van der Waals surface area contributed by atoms with Crippen molar-refractivity contribution in [3.05, 3.63) is 53.1 Å². The van der Waals surface area contributed by atoms with Crippen molar-refractivity contribution in [3.8, 4) is 11.5 Å². The molecule has 2 aromatic carbocycles. The molecule has 0 bridgehead atoms. The molecule has 4 nitrogen and oxygen atoms in total.